The summed E-state index contributed by atoms with van der Waals surface area (Å²) in [5.41, 5.74) is -6.64. The minimum absolute atomic E-state index is 0.0433. The number of carbonyl (C=O) groups is 6. The van der Waals surface area contributed by atoms with E-state index in [1.165, 1.54) is 6.92 Å². The van der Waals surface area contributed by atoms with Gasteiger partial charge in [0.25, 0.3) is 0 Å². The van der Waals surface area contributed by atoms with Crippen LogP contribution in [0.5, 0.6) is 5.75 Å². The fourth-order valence-electron chi connectivity index (χ4n) is 9.66. The minimum atomic E-state index is -2.11. The van der Waals surface area contributed by atoms with Crippen LogP contribution in [-0.2, 0) is 52.5 Å². The van der Waals surface area contributed by atoms with Crippen molar-refractivity contribution < 1.29 is 62.3 Å². The van der Waals surface area contributed by atoms with Gasteiger partial charge in [0.05, 0.1) is 11.3 Å². The highest BCUT2D eigenvalue weighted by Gasteiger charge is 2.82. The largest absolute Gasteiger partial charge is 0.490 e. The maximum atomic E-state index is 14.2. The second-order valence-corrected chi connectivity index (χ2v) is 15.0. The molecular weight excluding hydrogens is 640 g/mol. The number of hydrogen-bond donors (Lipinski definition) is 1. The van der Waals surface area contributed by atoms with Gasteiger partial charge in [0, 0.05) is 45.4 Å². The molecular formula is C36H46O13. The fraction of sp³-hybridized carbons (Fsp3) is 0.667. The van der Waals surface area contributed by atoms with Crippen LogP contribution in [0.25, 0.3) is 0 Å². The molecule has 49 heavy (non-hydrogen) atoms. The van der Waals surface area contributed by atoms with E-state index in [0.717, 1.165) is 20.8 Å². The highest BCUT2D eigenvalue weighted by atomic mass is 16.6. The number of fused-ring (bicyclic) bond motifs is 5. The van der Waals surface area contributed by atoms with Crippen LogP contribution in [0.3, 0.4) is 0 Å². The monoisotopic (exact) mass is 686 g/mol. The maximum absolute atomic E-state index is 14.2. The Labute approximate surface area is 285 Å². The Morgan fingerprint density at radius 3 is 2.00 bits per heavy atom. The van der Waals surface area contributed by atoms with Gasteiger partial charge in [-0.05, 0) is 36.8 Å². The molecule has 0 heterocycles. The van der Waals surface area contributed by atoms with Gasteiger partial charge in [0.2, 0.25) is 0 Å². The molecule has 0 spiro atoms. The molecule has 0 aromatic heterocycles. The summed E-state index contributed by atoms with van der Waals surface area (Å²) in [6, 6.07) is 8.73. The first-order chi connectivity index (χ1) is 22.8. The van der Waals surface area contributed by atoms with Crippen LogP contribution in [0.2, 0.25) is 0 Å². The lowest BCUT2D eigenvalue weighted by molar-refractivity contribution is -0.269. The van der Waals surface area contributed by atoms with Gasteiger partial charge in [-0.2, -0.15) is 0 Å². The molecule has 0 saturated heterocycles. The summed E-state index contributed by atoms with van der Waals surface area (Å²) in [4.78, 5) is 78.8. The Kier molecular flexibility index (Phi) is 9.41. The summed E-state index contributed by atoms with van der Waals surface area (Å²) in [5, 5.41) is 13.2. The Hall–Kier alpha value is -4.00. The normalized spacial score (nSPS) is 38.6. The van der Waals surface area contributed by atoms with E-state index in [2.05, 4.69) is 0 Å². The molecule has 4 fully saturated rings. The lowest BCUT2D eigenvalue weighted by Gasteiger charge is -2.58. The molecule has 1 N–H and O–H groups in total. The number of ether oxygens (including phenoxy) is 6. The van der Waals surface area contributed by atoms with Crippen molar-refractivity contribution in [3.05, 3.63) is 30.3 Å². The molecule has 11 atom stereocenters. The van der Waals surface area contributed by atoms with Crippen molar-refractivity contribution in [3.63, 3.8) is 0 Å². The third-order valence-electron chi connectivity index (χ3n) is 11.1. The van der Waals surface area contributed by atoms with E-state index >= 15 is 0 Å². The second kappa shape index (κ2) is 12.7. The standard InChI is InChI=1S/C36H46O13/c1-18-14-35(43)27(28(18)47-23-12-10-9-11-13-23)30(48-26(41)17-44-19(2)37)36(49-22(5)40)15-24-25(16-33(6,7)29(24)42)34(8,31(35)45-20(3)38)32(36)46-21(4)39/h9-13,18,24-25,27-28,30-32,43H,14-17H2,1-8H3. The van der Waals surface area contributed by atoms with Gasteiger partial charge >= 0.3 is 29.8 Å². The number of para-hydroxylation sites is 1. The zero-order valence-corrected chi connectivity index (χ0v) is 29.2. The molecule has 4 saturated carbocycles. The second-order valence-electron chi connectivity index (χ2n) is 15.0. The first kappa shape index (κ1) is 36.3. The average Bonchev–Trinajstić information content (AvgIpc) is 3.37. The van der Waals surface area contributed by atoms with Crippen molar-refractivity contribution in [2.75, 3.05) is 6.61 Å². The van der Waals surface area contributed by atoms with Crippen LogP contribution in [0.1, 0.15) is 74.7 Å². The zero-order valence-electron chi connectivity index (χ0n) is 29.2. The van der Waals surface area contributed by atoms with Crippen molar-refractivity contribution in [1.29, 1.82) is 0 Å². The number of rotatable bonds is 8. The van der Waals surface area contributed by atoms with Gasteiger partial charge < -0.3 is 33.5 Å². The van der Waals surface area contributed by atoms with Crippen molar-refractivity contribution in [3.8, 4) is 5.75 Å². The lowest BCUT2D eigenvalue weighted by atomic mass is 9.53. The fourth-order valence-corrected chi connectivity index (χ4v) is 9.66. The molecule has 13 nitrogen and oxygen atoms in total. The number of ketones is 1. The summed E-state index contributed by atoms with van der Waals surface area (Å²) in [7, 11) is 0. The summed E-state index contributed by atoms with van der Waals surface area (Å²) < 4.78 is 36.2. The summed E-state index contributed by atoms with van der Waals surface area (Å²) in [5.74, 6) is -7.21. The molecule has 0 radical (unpaired) electrons. The predicted molar refractivity (Wildman–Crippen MR) is 168 cm³/mol. The molecule has 11 unspecified atom stereocenters. The average molecular weight is 687 g/mol. The van der Waals surface area contributed by atoms with Crippen LogP contribution in [0.15, 0.2) is 30.3 Å². The Balaban J connectivity index is 1.87. The maximum Gasteiger partial charge on any atom is 0.344 e. The van der Waals surface area contributed by atoms with E-state index in [0.29, 0.717) is 5.75 Å². The minimum Gasteiger partial charge on any atom is -0.490 e. The number of benzene rings is 1. The zero-order chi connectivity index (χ0) is 36.3. The highest BCUT2D eigenvalue weighted by molar-refractivity contribution is 5.89. The number of aliphatic hydroxyl groups is 1. The van der Waals surface area contributed by atoms with E-state index in [1.807, 2.05) is 6.92 Å². The van der Waals surface area contributed by atoms with Crippen LogP contribution in [-0.4, -0.2) is 83.0 Å². The molecule has 5 rings (SSSR count). The first-order valence-corrected chi connectivity index (χ1v) is 16.6. The van der Waals surface area contributed by atoms with Crippen LogP contribution in [0, 0.1) is 34.5 Å². The molecule has 4 aliphatic carbocycles. The van der Waals surface area contributed by atoms with Crippen molar-refractivity contribution in [2.24, 2.45) is 34.5 Å². The molecule has 4 aliphatic rings. The topological polar surface area (TPSA) is 178 Å². The third kappa shape index (κ3) is 6.08. The SMILES string of the molecule is CC(=O)OCC(=O)OC1C2C(Oc3ccccc3)C(C)CC2(O)C(OC(C)=O)C2(C)C3CC(C)(C)C(=O)C3CC1(OC(C)=O)C2OC(C)=O. The quantitative estimate of drug-likeness (QED) is 0.312. The van der Waals surface area contributed by atoms with Crippen molar-refractivity contribution in [1.82, 2.24) is 0 Å². The van der Waals surface area contributed by atoms with E-state index in [-0.39, 0.29) is 25.0 Å². The summed E-state index contributed by atoms with van der Waals surface area (Å²) in [6.45, 7) is 10.8. The molecule has 1 aromatic carbocycles. The predicted octanol–water partition coefficient (Wildman–Crippen LogP) is 3.12. The Bertz CT molecular complexity index is 1520. The molecule has 0 aliphatic heterocycles. The van der Waals surface area contributed by atoms with Crippen LogP contribution >= 0.6 is 0 Å². The Morgan fingerprint density at radius 2 is 1.43 bits per heavy atom. The van der Waals surface area contributed by atoms with Gasteiger partial charge in [-0.15, -0.1) is 0 Å². The number of hydrogen-bond acceptors (Lipinski definition) is 13. The Morgan fingerprint density at radius 1 is 0.816 bits per heavy atom. The molecule has 268 valence electrons. The summed E-state index contributed by atoms with van der Waals surface area (Å²) in [6.07, 6.45) is -5.61. The van der Waals surface area contributed by atoms with E-state index in [9.17, 15) is 33.9 Å². The van der Waals surface area contributed by atoms with Gasteiger partial charge in [-0.25, -0.2) is 4.79 Å². The van der Waals surface area contributed by atoms with Gasteiger partial charge in [-0.1, -0.05) is 45.9 Å². The van der Waals surface area contributed by atoms with E-state index in [1.54, 1.807) is 51.1 Å². The number of Topliss-reactive ketones (excluding diaryl/α,β-unsaturated/α-hetero) is 1. The van der Waals surface area contributed by atoms with Gasteiger partial charge in [0.1, 0.15) is 29.3 Å². The van der Waals surface area contributed by atoms with E-state index < -0.39 is 107 Å². The first-order valence-electron chi connectivity index (χ1n) is 16.6. The molecule has 13 heteroatoms. The molecule has 2 bridgehead atoms. The molecule has 0 amide bonds. The van der Waals surface area contributed by atoms with Gasteiger partial charge in [-0.3, -0.25) is 24.0 Å². The summed E-state index contributed by atoms with van der Waals surface area (Å²) >= 11 is 0. The van der Waals surface area contributed by atoms with Crippen molar-refractivity contribution >= 4 is 35.6 Å². The molecule has 1 aromatic rings. The van der Waals surface area contributed by atoms with Crippen LogP contribution in [0.4, 0.5) is 0 Å². The number of carbonyl (C=O) groups excluding carboxylic acids is 6. The third-order valence-corrected chi connectivity index (χ3v) is 11.1. The lowest BCUT2D eigenvalue weighted by Crippen LogP contribution is -2.70. The smallest absolute Gasteiger partial charge is 0.344 e. The van der Waals surface area contributed by atoms with E-state index in [4.69, 9.17) is 28.4 Å². The van der Waals surface area contributed by atoms with Crippen LogP contribution < -0.4 is 4.74 Å². The highest BCUT2D eigenvalue weighted by Crippen LogP contribution is 2.69. The van der Waals surface area contributed by atoms with Crippen molar-refractivity contribution in [2.45, 2.75) is 110 Å². The number of esters is 5. The van der Waals surface area contributed by atoms with Gasteiger partial charge in [0.15, 0.2) is 24.4 Å².